The van der Waals surface area contributed by atoms with Gasteiger partial charge in [0.05, 0.1) is 11.9 Å². The van der Waals surface area contributed by atoms with Crippen LogP contribution < -0.4 is 5.14 Å². The number of hydrogen-bond donors (Lipinski definition) is 1. The van der Waals surface area contributed by atoms with Crippen molar-refractivity contribution in [3.8, 4) is 0 Å². The maximum atomic E-state index is 11.3. The molecule has 0 amide bonds. The van der Waals surface area contributed by atoms with E-state index in [4.69, 9.17) is 5.14 Å². The lowest BCUT2D eigenvalue weighted by atomic mass is 10.1. The van der Waals surface area contributed by atoms with Gasteiger partial charge in [0.1, 0.15) is 0 Å². The highest BCUT2D eigenvalue weighted by Gasteiger charge is 2.16. The third kappa shape index (κ3) is 1.79. The van der Waals surface area contributed by atoms with Crippen LogP contribution in [0.4, 0.5) is 0 Å². The number of hydrogen-bond acceptors (Lipinski definition) is 4. The van der Waals surface area contributed by atoms with Gasteiger partial charge in [-0.05, 0) is 18.1 Å². The summed E-state index contributed by atoms with van der Waals surface area (Å²) in [6.07, 6.45) is 1.21. The van der Waals surface area contributed by atoms with E-state index in [9.17, 15) is 8.42 Å². The number of fused-ring (bicyclic) bond motifs is 1. The molecule has 0 bridgehead atoms. The first-order chi connectivity index (χ1) is 7.39. The van der Waals surface area contributed by atoms with E-state index in [2.05, 4.69) is 10.1 Å². The van der Waals surface area contributed by atoms with E-state index < -0.39 is 10.0 Å². The molecular formula is C9H12N4O2S. The highest BCUT2D eigenvalue weighted by molar-refractivity contribution is 7.89. The summed E-state index contributed by atoms with van der Waals surface area (Å²) >= 11 is 0. The summed E-state index contributed by atoms with van der Waals surface area (Å²) in [5, 5.41) is 9.17. The normalized spacial score (nSPS) is 12.5. The molecule has 0 aliphatic carbocycles. The third-order valence-corrected chi connectivity index (χ3v) is 3.10. The van der Waals surface area contributed by atoms with Crippen LogP contribution in [0.2, 0.25) is 0 Å². The van der Waals surface area contributed by atoms with Crippen molar-refractivity contribution in [1.82, 2.24) is 14.6 Å². The van der Waals surface area contributed by atoms with Gasteiger partial charge in [0.2, 0.25) is 0 Å². The molecular weight excluding hydrogens is 228 g/mol. The Kier molecular flexibility index (Phi) is 2.43. The van der Waals surface area contributed by atoms with Gasteiger partial charge < -0.3 is 0 Å². The molecule has 0 aliphatic rings. The van der Waals surface area contributed by atoms with Crippen LogP contribution in [0.5, 0.6) is 0 Å². The van der Waals surface area contributed by atoms with Gasteiger partial charge in [-0.15, -0.1) is 0 Å². The average Bonchev–Trinajstić information content (AvgIpc) is 2.58. The fraction of sp³-hybridized carbons (Fsp3) is 0.333. The molecule has 2 aromatic heterocycles. The Morgan fingerprint density at radius 1 is 1.38 bits per heavy atom. The molecule has 6 nitrogen and oxygen atoms in total. The zero-order valence-corrected chi connectivity index (χ0v) is 9.77. The lowest BCUT2D eigenvalue weighted by Gasteiger charge is -2.05. The number of nitrogens with two attached hydrogens (primary N) is 1. The van der Waals surface area contributed by atoms with E-state index in [1.54, 1.807) is 6.07 Å². The van der Waals surface area contributed by atoms with Crippen molar-refractivity contribution >= 4 is 15.7 Å². The topological polar surface area (TPSA) is 90.3 Å². The van der Waals surface area contributed by atoms with Crippen molar-refractivity contribution in [3.63, 3.8) is 0 Å². The Hall–Kier alpha value is -1.47. The van der Waals surface area contributed by atoms with E-state index in [1.807, 2.05) is 19.9 Å². The number of aromatic nitrogens is 3. The highest BCUT2D eigenvalue weighted by Crippen LogP contribution is 2.14. The predicted octanol–water partition coefficient (Wildman–Crippen LogP) is 0.500. The van der Waals surface area contributed by atoms with Gasteiger partial charge >= 0.3 is 0 Å². The van der Waals surface area contributed by atoms with Crippen molar-refractivity contribution in [1.29, 1.82) is 0 Å². The van der Waals surface area contributed by atoms with Gasteiger partial charge in [-0.3, -0.25) is 0 Å². The summed E-state index contributed by atoms with van der Waals surface area (Å²) in [4.78, 5) is 3.93. The Morgan fingerprint density at radius 2 is 2.06 bits per heavy atom. The Labute approximate surface area is 93.2 Å². The molecule has 2 rings (SSSR count). The van der Waals surface area contributed by atoms with Crippen molar-refractivity contribution in [2.24, 2.45) is 5.14 Å². The first-order valence-corrected chi connectivity index (χ1v) is 6.31. The van der Waals surface area contributed by atoms with Gasteiger partial charge in [-0.2, -0.15) is 5.10 Å². The van der Waals surface area contributed by atoms with Gasteiger partial charge in [-0.25, -0.2) is 23.1 Å². The van der Waals surface area contributed by atoms with Crippen LogP contribution >= 0.6 is 0 Å². The van der Waals surface area contributed by atoms with Crippen molar-refractivity contribution < 1.29 is 8.42 Å². The Bertz CT molecular complexity index is 630. The van der Waals surface area contributed by atoms with Crippen molar-refractivity contribution in [2.75, 3.05) is 0 Å². The van der Waals surface area contributed by atoms with Crippen LogP contribution in [0.25, 0.3) is 5.65 Å². The number of rotatable bonds is 2. The minimum absolute atomic E-state index is 0.0926. The summed E-state index contributed by atoms with van der Waals surface area (Å²) in [5.74, 6) is 0.208. The number of nitrogens with zero attached hydrogens (tertiary/aromatic N) is 3. The van der Waals surface area contributed by atoms with E-state index in [0.717, 1.165) is 5.69 Å². The average molecular weight is 240 g/mol. The summed E-state index contributed by atoms with van der Waals surface area (Å²) in [5.41, 5.74) is 1.25. The smallest absolute Gasteiger partial charge is 0.234 e. The molecule has 7 heteroatoms. The molecule has 86 valence electrons. The Morgan fingerprint density at radius 3 is 2.62 bits per heavy atom. The van der Waals surface area contributed by atoms with Gasteiger partial charge in [-0.1, -0.05) is 13.8 Å². The second-order valence-electron chi connectivity index (χ2n) is 3.82. The number of sulfonamides is 1. The van der Waals surface area contributed by atoms with Crippen LogP contribution in [0, 0.1) is 0 Å². The predicted molar refractivity (Wildman–Crippen MR) is 58.4 cm³/mol. The molecule has 0 fully saturated rings. The standard InChI is InChI=1S/C9H12N4O2S/c1-6(2)7-3-4-8-11-5-9(13(8)12-7)16(10,14)15/h3-6H,1-2H3,(H2,10,14,15). The molecule has 0 aromatic carbocycles. The van der Waals surface area contributed by atoms with E-state index in [1.165, 1.54) is 10.7 Å². The van der Waals surface area contributed by atoms with Gasteiger partial charge in [0.25, 0.3) is 10.0 Å². The SMILES string of the molecule is CC(C)c1ccc2ncc(S(N)(=O)=O)n2n1. The monoisotopic (exact) mass is 240 g/mol. The number of primary sulfonamides is 1. The Balaban J connectivity index is 2.75. The van der Waals surface area contributed by atoms with Crippen LogP contribution in [-0.2, 0) is 10.0 Å². The quantitative estimate of drug-likeness (QED) is 0.827. The minimum atomic E-state index is -3.79. The molecule has 2 N–H and O–H groups in total. The minimum Gasteiger partial charge on any atom is -0.234 e. The van der Waals surface area contributed by atoms with Crippen molar-refractivity contribution in [2.45, 2.75) is 24.8 Å². The summed E-state index contributed by atoms with van der Waals surface area (Å²) in [6, 6.07) is 3.54. The van der Waals surface area contributed by atoms with Crippen molar-refractivity contribution in [3.05, 3.63) is 24.0 Å². The second kappa shape index (κ2) is 3.53. The summed E-state index contributed by atoms with van der Waals surface area (Å²) in [7, 11) is -3.79. The molecule has 0 spiro atoms. The lowest BCUT2D eigenvalue weighted by Crippen LogP contribution is -2.16. The molecule has 0 unspecified atom stereocenters. The zero-order valence-electron chi connectivity index (χ0n) is 8.95. The van der Waals surface area contributed by atoms with Crippen LogP contribution in [0.1, 0.15) is 25.5 Å². The van der Waals surface area contributed by atoms with E-state index >= 15 is 0 Å². The molecule has 2 aromatic rings. The molecule has 0 saturated carbocycles. The van der Waals surface area contributed by atoms with Crippen LogP contribution in [0.3, 0.4) is 0 Å². The molecule has 0 radical (unpaired) electrons. The fourth-order valence-electron chi connectivity index (χ4n) is 1.37. The van der Waals surface area contributed by atoms with Crippen LogP contribution in [-0.4, -0.2) is 23.0 Å². The molecule has 0 aliphatic heterocycles. The summed E-state index contributed by atoms with van der Waals surface area (Å²) < 4.78 is 23.8. The molecule has 0 saturated heterocycles. The zero-order chi connectivity index (χ0) is 11.9. The highest BCUT2D eigenvalue weighted by atomic mass is 32.2. The first-order valence-electron chi connectivity index (χ1n) is 4.77. The first kappa shape index (κ1) is 11.0. The largest absolute Gasteiger partial charge is 0.257 e. The second-order valence-corrected chi connectivity index (χ2v) is 5.33. The maximum Gasteiger partial charge on any atom is 0.257 e. The molecule has 0 atom stereocenters. The lowest BCUT2D eigenvalue weighted by molar-refractivity contribution is 0.588. The van der Waals surface area contributed by atoms with E-state index in [-0.39, 0.29) is 10.9 Å². The van der Waals surface area contributed by atoms with Gasteiger partial charge in [0.15, 0.2) is 10.7 Å². The number of imidazole rings is 1. The van der Waals surface area contributed by atoms with Crippen LogP contribution in [0.15, 0.2) is 23.4 Å². The summed E-state index contributed by atoms with van der Waals surface area (Å²) in [6.45, 7) is 3.95. The maximum absolute atomic E-state index is 11.3. The van der Waals surface area contributed by atoms with E-state index in [0.29, 0.717) is 5.65 Å². The third-order valence-electron chi connectivity index (χ3n) is 2.23. The molecule has 2 heterocycles. The fourth-order valence-corrected chi connectivity index (χ4v) is 1.94. The molecule has 16 heavy (non-hydrogen) atoms. The van der Waals surface area contributed by atoms with Gasteiger partial charge in [0, 0.05) is 0 Å².